The van der Waals surface area contributed by atoms with E-state index in [-0.39, 0.29) is 24.2 Å². The highest BCUT2D eigenvalue weighted by Gasteiger charge is 2.28. The summed E-state index contributed by atoms with van der Waals surface area (Å²) in [6.45, 7) is 2.35. The molecule has 41 heavy (non-hydrogen) atoms. The van der Waals surface area contributed by atoms with Gasteiger partial charge in [0.05, 0.1) is 69.9 Å². The first-order valence-corrected chi connectivity index (χ1v) is 13.4. The van der Waals surface area contributed by atoms with E-state index in [0.29, 0.717) is 28.2 Å². The number of halogens is 1. The van der Waals surface area contributed by atoms with Crippen molar-refractivity contribution in [2.24, 2.45) is 0 Å². The Hall–Kier alpha value is -4.81. The smallest absolute Gasteiger partial charge is 0.255 e. The standard InChI is InChI=1S/C29H30FN9O2/c1-29(2,41)27(30)16-34-28(40)23-15-33-25(26-8-7-22-9-18(11-31)13-36-39(22)26)10-24(23)37-20-3-5-21(6-4-20)38-17-19(12-32)14-35-38/h7-10,13-15,17,20-21,27,41H,3-6,16H2,1-2H3,(H,33,37)(H,34,40). The van der Waals surface area contributed by atoms with Crippen LogP contribution in [0.1, 0.15) is 67.1 Å². The van der Waals surface area contributed by atoms with Gasteiger partial charge in [-0.3, -0.25) is 14.5 Å². The molecule has 12 heteroatoms. The minimum Gasteiger partial charge on any atom is -0.387 e. The highest BCUT2D eigenvalue weighted by molar-refractivity contribution is 6.00. The van der Waals surface area contributed by atoms with Gasteiger partial charge < -0.3 is 15.7 Å². The number of carbonyl (C=O) groups is 1. The maximum atomic E-state index is 14.4. The number of pyridine rings is 1. The largest absolute Gasteiger partial charge is 0.387 e. The van der Waals surface area contributed by atoms with E-state index in [2.05, 4.69) is 38.0 Å². The van der Waals surface area contributed by atoms with Gasteiger partial charge in [-0.15, -0.1) is 0 Å². The van der Waals surface area contributed by atoms with E-state index >= 15 is 0 Å². The SMILES string of the molecule is CC(C)(O)C(F)CNC(=O)c1cnc(-c2ccc3cc(C#N)cnn23)cc1NC1CCC(n2cc(C#N)cn2)CC1. The number of anilines is 1. The highest BCUT2D eigenvalue weighted by Crippen LogP contribution is 2.32. The van der Waals surface area contributed by atoms with E-state index in [1.54, 1.807) is 29.0 Å². The molecule has 1 aliphatic rings. The van der Waals surface area contributed by atoms with Crippen LogP contribution in [0.5, 0.6) is 0 Å². The monoisotopic (exact) mass is 555 g/mol. The van der Waals surface area contributed by atoms with E-state index in [0.717, 1.165) is 31.2 Å². The molecule has 210 valence electrons. The summed E-state index contributed by atoms with van der Waals surface area (Å²) in [5, 5.41) is 43.0. The number of amides is 1. The van der Waals surface area contributed by atoms with Gasteiger partial charge in [0.2, 0.25) is 0 Å². The number of aliphatic hydroxyl groups is 1. The van der Waals surface area contributed by atoms with Crippen molar-refractivity contribution in [2.75, 3.05) is 11.9 Å². The number of aromatic nitrogens is 5. The molecule has 1 fully saturated rings. The summed E-state index contributed by atoms with van der Waals surface area (Å²) >= 11 is 0. The zero-order chi connectivity index (χ0) is 29.1. The van der Waals surface area contributed by atoms with Gasteiger partial charge in [-0.2, -0.15) is 20.7 Å². The molecular formula is C29H30FN9O2. The molecule has 0 aromatic carbocycles. The van der Waals surface area contributed by atoms with Crippen LogP contribution in [0.2, 0.25) is 0 Å². The second kappa shape index (κ2) is 11.4. The van der Waals surface area contributed by atoms with Crippen molar-refractivity contribution in [3.63, 3.8) is 0 Å². The number of alkyl halides is 1. The van der Waals surface area contributed by atoms with E-state index in [1.807, 2.05) is 16.8 Å². The first kappa shape index (κ1) is 27.7. The lowest BCUT2D eigenvalue weighted by atomic mass is 9.91. The highest BCUT2D eigenvalue weighted by atomic mass is 19.1. The zero-order valence-corrected chi connectivity index (χ0v) is 22.8. The second-order valence-corrected chi connectivity index (χ2v) is 10.8. The van der Waals surface area contributed by atoms with Crippen LogP contribution in [0.25, 0.3) is 16.9 Å². The number of nitrogens with zero attached hydrogens (tertiary/aromatic N) is 7. The van der Waals surface area contributed by atoms with Gasteiger partial charge in [-0.25, -0.2) is 8.91 Å². The van der Waals surface area contributed by atoms with Crippen molar-refractivity contribution >= 4 is 17.1 Å². The number of carbonyl (C=O) groups excluding carboxylic acids is 1. The number of rotatable bonds is 8. The molecular weight excluding hydrogens is 525 g/mol. The third kappa shape index (κ3) is 6.03. The van der Waals surface area contributed by atoms with Crippen molar-refractivity contribution in [3.8, 4) is 23.5 Å². The quantitative estimate of drug-likeness (QED) is 0.297. The predicted molar refractivity (Wildman–Crippen MR) is 149 cm³/mol. The molecule has 1 amide bonds. The van der Waals surface area contributed by atoms with Crippen LogP contribution in [-0.4, -0.2) is 59.8 Å². The van der Waals surface area contributed by atoms with Crippen LogP contribution in [0.3, 0.4) is 0 Å². The summed E-state index contributed by atoms with van der Waals surface area (Å²) in [4.78, 5) is 17.7. The Labute approximate surface area is 236 Å². The molecule has 1 unspecified atom stereocenters. The van der Waals surface area contributed by atoms with Gasteiger partial charge in [-0.05, 0) is 63.8 Å². The third-order valence-electron chi connectivity index (χ3n) is 7.41. The molecule has 1 aliphatic carbocycles. The minimum atomic E-state index is -1.65. The Bertz CT molecular complexity index is 1650. The number of hydrogen-bond acceptors (Lipinski definition) is 8. The Kier molecular flexibility index (Phi) is 7.68. The van der Waals surface area contributed by atoms with Crippen molar-refractivity contribution in [1.82, 2.24) is 29.7 Å². The molecule has 1 saturated carbocycles. The molecule has 0 spiro atoms. The van der Waals surface area contributed by atoms with Crippen LogP contribution in [-0.2, 0) is 0 Å². The average Bonchev–Trinajstić information content (AvgIpc) is 3.62. The Morgan fingerprint density at radius 3 is 2.54 bits per heavy atom. The van der Waals surface area contributed by atoms with Gasteiger partial charge in [0.25, 0.3) is 5.91 Å². The first-order chi connectivity index (χ1) is 19.7. The van der Waals surface area contributed by atoms with Crippen LogP contribution in [0, 0.1) is 22.7 Å². The van der Waals surface area contributed by atoms with Crippen LogP contribution in [0.4, 0.5) is 10.1 Å². The molecule has 0 saturated heterocycles. The molecule has 3 N–H and O–H groups in total. The predicted octanol–water partition coefficient (Wildman–Crippen LogP) is 3.77. The fourth-order valence-electron chi connectivity index (χ4n) is 4.98. The summed E-state index contributed by atoms with van der Waals surface area (Å²) in [7, 11) is 0. The van der Waals surface area contributed by atoms with Gasteiger partial charge in [0.15, 0.2) is 0 Å². The van der Waals surface area contributed by atoms with E-state index in [9.17, 15) is 19.6 Å². The maximum Gasteiger partial charge on any atom is 0.255 e. The van der Waals surface area contributed by atoms with Crippen molar-refractivity contribution in [2.45, 2.75) is 63.4 Å². The lowest BCUT2D eigenvalue weighted by Crippen LogP contribution is -2.42. The average molecular weight is 556 g/mol. The Morgan fingerprint density at radius 1 is 1.12 bits per heavy atom. The molecule has 4 aromatic heterocycles. The summed E-state index contributed by atoms with van der Waals surface area (Å²) in [6.07, 6.45) is 7.90. The van der Waals surface area contributed by atoms with Gasteiger partial charge in [-0.1, -0.05) is 0 Å². The van der Waals surface area contributed by atoms with Crippen molar-refractivity contribution in [1.29, 1.82) is 10.5 Å². The minimum absolute atomic E-state index is 0.0599. The lowest BCUT2D eigenvalue weighted by molar-refractivity contribution is -0.00177. The van der Waals surface area contributed by atoms with E-state index in [1.165, 1.54) is 26.2 Å². The number of nitrogens with one attached hydrogen (secondary N) is 2. The molecule has 0 aliphatic heterocycles. The van der Waals surface area contributed by atoms with Crippen LogP contribution >= 0.6 is 0 Å². The Morgan fingerprint density at radius 2 is 1.85 bits per heavy atom. The Balaban J connectivity index is 1.40. The van der Waals surface area contributed by atoms with E-state index in [4.69, 9.17) is 5.26 Å². The number of hydrogen-bond donors (Lipinski definition) is 3. The summed E-state index contributed by atoms with van der Waals surface area (Å²) in [5.41, 5.74) is 2.16. The topological polar surface area (TPSA) is 157 Å². The molecule has 4 heterocycles. The summed E-state index contributed by atoms with van der Waals surface area (Å²) in [6, 6.07) is 11.6. The van der Waals surface area contributed by atoms with E-state index < -0.39 is 17.7 Å². The second-order valence-electron chi connectivity index (χ2n) is 10.8. The fourth-order valence-corrected chi connectivity index (χ4v) is 4.98. The number of nitriles is 2. The summed E-state index contributed by atoms with van der Waals surface area (Å²) in [5.74, 6) is -0.510. The van der Waals surface area contributed by atoms with Gasteiger partial charge in [0.1, 0.15) is 18.3 Å². The molecule has 5 rings (SSSR count). The molecule has 0 radical (unpaired) electrons. The lowest BCUT2D eigenvalue weighted by Gasteiger charge is -2.30. The first-order valence-electron chi connectivity index (χ1n) is 13.4. The fraction of sp³-hybridized carbons (Fsp3) is 0.379. The maximum absolute atomic E-state index is 14.4. The normalized spacial score (nSPS) is 17.9. The summed E-state index contributed by atoms with van der Waals surface area (Å²) < 4.78 is 17.9. The van der Waals surface area contributed by atoms with Gasteiger partial charge in [0, 0.05) is 18.4 Å². The van der Waals surface area contributed by atoms with Crippen molar-refractivity contribution in [3.05, 3.63) is 65.7 Å². The molecule has 0 bridgehead atoms. The number of fused-ring (bicyclic) bond motifs is 1. The van der Waals surface area contributed by atoms with Gasteiger partial charge >= 0.3 is 0 Å². The molecule has 4 aromatic rings. The van der Waals surface area contributed by atoms with Crippen LogP contribution < -0.4 is 10.6 Å². The zero-order valence-electron chi connectivity index (χ0n) is 22.8. The van der Waals surface area contributed by atoms with Crippen LogP contribution in [0.15, 0.2) is 49.1 Å². The third-order valence-corrected chi connectivity index (χ3v) is 7.41. The molecule has 11 nitrogen and oxygen atoms in total. The molecule has 1 atom stereocenters. The van der Waals surface area contributed by atoms with Crippen molar-refractivity contribution < 1.29 is 14.3 Å².